The van der Waals surface area contributed by atoms with Crippen molar-refractivity contribution in [2.75, 3.05) is 0 Å². The summed E-state index contributed by atoms with van der Waals surface area (Å²) >= 11 is 1.44. The summed E-state index contributed by atoms with van der Waals surface area (Å²) in [6.07, 6.45) is 2.93. The second kappa shape index (κ2) is 6.79. The van der Waals surface area contributed by atoms with Crippen molar-refractivity contribution in [2.24, 2.45) is 0 Å². The minimum Gasteiger partial charge on any atom is -0.273 e. The van der Waals surface area contributed by atoms with Gasteiger partial charge in [0, 0.05) is 16.5 Å². The van der Waals surface area contributed by atoms with Crippen molar-refractivity contribution in [3.63, 3.8) is 0 Å². The van der Waals surface area contributed by atoms with Crippen molar-refractivity contribution in [3.05, 3.63) is 61.3 Å². The summed E-state index contributed by atoms with van der Waals surface area (Å²) in [7, 11) is 0. The quantitative estimate of drug-likeness (QED) is 0.655. The lowest BCUT2D eigenvalue weighted by Crippen LogP contribution is -2.42. The molecule has 124 valence electrons. The van der Waals surface area contributed by atoms with Gasteiger partial charge in [-0.2, -0.15) is 0 Å². The molecular formula is C16H15N3O4S. The number of nitrogens with zero attached hydrogens (tertiary/aromatic N) is 1. The van der Waals surface area contributed by atoms with Gasteiger partial charge in [-0.3, -0.25) is 30.6 Å². The number of aryl methyl sites for hydroxylation is 2. The molecule has 2 N–H and O–H groups in total. The number of hydrazine groups is 1. The summed E-state index contributed by atoms with van der Waals surface area (Å²) in [5.74, 6) is -0.882. The van der Waals surface area contributed by atoms with Crippen LogP contribution in [0.2, 0.25) is 0 Å². The van der Waals surface area contributed by atoms with E-state index in [0.29, 0.717) is 10.4 Å². The van der Waals surface area contributed by atoms with E-state index in [0.717, 1.165) is 19.3 Å². The third kappa shape index (κ3) is 3.43. The zero-order valence-electron chi connectivity index (χ0n) is 12.7. The highest BCUT2D eigenvalue weighted by Crippen LogP contribution is 2.30. The lowest BCUT2D eigenvalue weighted by molar-refractivity contribution is -0.385. The molecular weight excluding hydrogens is 330 g/mol. The Labute approximate surface area is 141 Å². The van der Waals surface area contributed by atoms with E-state index in [4.69, 9.17) is 0 Å². The van der Waals surface area contributed by atoms with Gasteiger partial charge in [-0.15, -0.1) is 11.3 Å². The molecule has 0 atom stereocenters. The van der Waals surface area contributed by atoms with Crippen molar-refractivity contribution in [1.29, 1.82) is 0 Å². The minimum absolute atomic E-state index is 0.117. The number of fused-ring (bicyclic) bond motifs is 1. The number of thiophene rings is 1. The predicted octanol–water partition coefficient (Wildman–Crippen LogP) is 2.15. The summed E-state index contributed by atoms with van der Waals surface area (Å²) in [5, 5.41) is 10.9. The molecule has 0 fully saturated rings. The molecule has 0 spiro atoms. The van der Waals surface area contributed by atoms with Gasteiger partial charge in [-0.05, 0) is 30.9 Å². The molecule has 3 rings (SSSR count). The molecule has 0 aliphatic heterocycles. The maximum Gasteiger partial charge on any atom is 0.279 e. The van der Waals surface area contributed by atoms with Crippen LogP contribution in [0, 0.1) is 10.1 Å². The molecule has 1 aliphatic rings. The van der Waals surface area contributed by atoms with E-state index in [1.807, 2.05) is 6.07 Å². The summed E-state index contributed by atoms with van der Waals surface area (Å²) in [4.78, 5) is 36.2. The molecule has 0 unspecified atom stereocenters. The normalized spacial score (nSPS) is 12.5. The zero-order valence-corrected chi connectivity index (χ0v) is 13.5. The lowest BCUT2D eigenvalue weighted by atomic mass is 10.1. The van der Waals surface area contributed by atoms with Crippen molar-refractivity contribution in [3.8, 4) is 0 Å². The second-order valence-corrected chi connectivity index (χ2v) is 6.61. The molecule has 7 nitrogen and oxygen atoms in total. The zero-order chi connectivity index (χ0) is 17.1. The van der Waals surface area contributed by atoms with Crippen LogP contribution in [-0.2, 0) is 24.1 Å². The summed E-state index contributed by atoms with van der Waals surface area (Å²) in [6.45, 7) is 0. The fraction of sp³-hybridized carbons (Fsp3) is 0.250. The maximum absolute atomic E-state index is 12.1. The Morgan fingerprint density at radius 2 is 2.00 bits per heavy atom. The number of nitro benzene ring substituents is 1. The number of hydrogen-bond acceptors (Lipinski definition) is 5. The number of nitro groups is 1. The number of carbonyl (C=O) groups excluding carboxylic acids is 2. The molecule has 8 heteroatoms. The van der Waals surface area contributed by atoms with Crippen molar-refractivity contribution < 1.29 is 14.5 Å². The highest BCUT2D eigenvalue weighted by atomic mass is 32.1. The van der Waals surface area contributed by atoms with Crippen molar-refractivity contribution in [2.45, 2.75) is 25.7 Å². The average molecular weight is 345 g/mol. The van der Waals surface area contributed by atoms with Crippen LogP contribution in [0.4, 0.5) is 5.69 Å². The fourth-order valence-electron chi connectivity index (χ4n) is 2.68. The highest BCUT2D eigenvalue weighted by molar-refractivity contribution is 7.14. The largest absolute Gasteiger partial charge is 0.279 e. The number of benzene rings is 1. The number of hydrogen-bond donors (Lipinski definition) is 2. The van der Waals surface area contributed by atoms with Crippen LogP contribution in [-0.4, -0.2) is 16.7 Å². The minimum atomic E-state index is -0.533. The number of amides is 2. The van der Waals surface area contributed by atoms with Crippen LogP contribution in [0.1, 0.15) is 32.1 Å². The smallest absolute Gasteiger partial charge is 0.273 e. The Hall–Kier alpha value is -2.74. The molecule has 2 amide bonds. The first-order valence-electron chi connectivity index (χ1n) is 7.47. The number of carbonyl (C=O) groups is 2. The molecule has 1 aliphatic carbocycles. The first-order valence-corrected chi connectivity index (χ1v) is 8.29. The summed E-state index contributed by atoms with van der Waals surface area (Å²) in [6, 6.07) is 7.88. The van der Waals surface area contributed by atoms with Crippen LogP contribution in [0.15, 0.2) is 30.3 Å². The van der Waals surface area contributed by atoms with Gasteiger partial charge in [0.2, 0.25) is 5.91 Å². The second-order valence-electron chi connectivity index (χ2n) is 5.48. The molecule has 0 bridgehead atoms. The number of rotatable bonds is 4. The molecule has 0 radical (unpaired) electrons. The Balaban J connectivity index is 1.57. The first-order chi connectivity index (χ1) is 11.5. The van der Waals surface area contributed by atoms with Gasteiger partial charge in [-0.1, -0.05) is 18.2 Å². The predicted molar refractivity (Wildman–Crippen MR) is 88.8 cm³/mol. The van der Waals surface area contributed by atoms with Gasteiger partial charge in [0.1, 0.15) is 0 Å². The van der Waals surface area contributed by atoms with Gasteiger partial charge >= 0.3 is 0 Å². The van der Waals surface area contributed by atoms with E-state index >= 15 is 0 Å². The first kappa shape index (κ1) is 16.1. The summed E-state index contributed by atoms with van der Waals surface area (Å²) < 4.78 is 0. The van der Waals surface area contributed by atoms with Crippen molar-refractivity contribution in [1.82, 2.24) is 10.9 Å². The molecule has 1 aromatic carbocycles. The molecule has 1 aromatic heterocycles. The molecule has 0 saturated heterocycles. The third-order valence-electron chi connectivity index (χ3n) is 3.83. The number of para-hydroxylation sites is 1. The molecule has 2 aromatic rings. The summed E-state index contributed by atoms with van der Waals surface area (Å²) in [5.41, 5.74) is 6.05. The van der Waals surface area contributed by atoms with E-state index in [2.05, 4.69) is 10.9 Å². The van der Waals surface area contributed by atoms with E-state index in [9.17, 15) is 19.7 Å². The van der Waals surface area contributed by atoms with Gasteiger partial charge in [0.15, 0.2) is 0 Å². The van der Waals surface area contributed by atoms with Gasteiger partial charge in [0.25, 0.3) is 11.6 Å². The average Bonchev–Trinajstić information content (AvgIpc) is 3.14. The van der Waals surface area contributed by atoms with E-state index in [1.54, 1.807) is 6.07 Å². The van der Waals surface area contributed by atoms with E-state index < -0.39 is 10.8 Å². The lowest BCUT2D eigenvalue weighted by Gasteiger charge is -2.06. The molecule has 0 saturated carbocycles. The monoisotopic (exact) mass is 345 g/mol. The van der Waals surface area contributed by atoms with Gasteiger partial charge in [-0.25, -0.2) is 0 Å². The number of nitrogens with one attached hydrogen (secondary N) is 2. The van der Waals surface area contributed by atoms with Crippen LogP contribution >= 0.6 is 11.3 Å². The van der Waals surface area contributed by atoms with Crippen LogP contribution in [0.25, 0.3) is 0 Å². The van der Waals surface area contributed by atoms with E-state index in [1.165, 1.54) is 40.0 Å². The topological polar surface area (TPSA) is 101 Å². The maximum atomic E-state index is 12.1. The Bertz CT molecular complexity index is 794. The van der Waals surface area contributed by atoms with Crippen LogP contribution in [0.3, 0.4) is 0 Å². The standard InChI is InChI=1S/C16H15N3O4S/c20-15(9-10-4-1-2-6-12(10)19(22)23)17-18-16(21)14-8-11-5-3-7-13(11)24-14/h1-2,4,6,8H,3,5,7,9H2,(H,17,20)(H,18,21). The Morgan fingerprint density at radius 1 is 1.21 bits per heavy atom. The van der Waals surface area contributed by atoms with Crippen LogP contribution < -0.4 is 10.9 Å². The SMILES string of the molecule is O=C(Cc1ccccc1[N+](=O)[O-])NNC(=O)c1cc2c(s1)CCC2. The molecule has 24 heavy (non-hydrogen) atoms. The van der Waals surface area contributed by atoms with E-state index in [-0.39, 0.29) is 18.0 Å². The third-order valence-corrected chi connectivity index (χ3v) is 5.06. The Morgan fingerprint density at radius 3 is 2.75 bits per heavy atom. The molecule has 1 heterocycles. The highest BCUT2D eigenvalue weighted by Gasteiger charge is 2.19. The fourth-order valence-corrected chi connectivity index (χ4v) is 3.83. The Kier molecular flexibility index (Phi) is 4.57. The van der Waals surface area contributed by atoms with Gasteiger partial charge in [0.05, 0.1) is 16.2 Å². The van der Waals surface area contributed by atoms with Crippen molar-refractivity contribution >= 4 is 28.8 Å². The van der Waals surface area contributed by atoms with Crippen LogP contribution in [0.5, 0.6) is 0 Å². The van der Waals surface area contributed by atoms with Gasteiger partial charge < -0.3 is 0 Å².